The maximum atomic E-state index is 12.1. The molecule has 2 aliphatic rings. The first-order chi connectivity index (χ1) is 7.36. The highest BCUT2D eigenvalue weighted by molar-refractivity contribution is 6.07. The molecule has 1 aromatic carbocycles. The van der Waals surface area contributed by atoms with Crippen LogP contribution in [0.15, 0.2) is 48.2 Å². The van der Waals surface area contributed by atoms with Crippen LogP contribution in [-0.2, 0) is 0 Å². The van der Waals surface area contributed by atoms with E-state index >= 15 is 0 Å². The molecule has 0 radical (unpaired) electrons. The molecule has 15 heavy (non-hydrogen) atoms. The largest absolute Gasteiger partial charge is 0.358 e. The van der Waals surface area contributed by atoms with Crippen molar-refractivity contribution in [3.8, 4) is 0 Å². The number of carbonyl (C=O) groups excluding carboxylic acids is 1. The number of ketones is 1. The summed E-state index contributed by atoms with van der Waals surface area (Å²) in [6, 6.07) is 7.69. The zero-order valence-electron chi connectivity index (χ0n) is 8.23. The molecule has 1 heterocycles. The van der Waals surface area contributed by atoms with Crippen LogP contribution in [0.4, 0.5) is 5.69 Å². The third-order valence-electron chi connectivity index (χ3n) is 2.95. The number of allylic oxidation sites excluding steroid dienone is 4. The standard InChI is InChI=1S/C13H11NO/c15-13-9-5-1-3-7-11(9)14-12-8-4-2-6-10(12)13/h1-5,7-8,10,14H,6H2. The number of benzene rings is 1. The molecule has 0 bridgehead atoms. The Labute approximate surface area is 88.3 Å². The number of hydrogen-bond acceptors (Lipinski definition) is 2. The van der Waals surface area contributed by atoms with Crippen LogP contribution in [0, 0.1) is 5.92 Å². The van der Waals surface area contributed by atoms with E-state index in [-0.39, 0.29) is 11.7 Å². The van der Waals surface area contributed by atoms with Gasteiger partial charge in [0.05, 0.1) is 5.92 Å². The molecular weight excluding hydrogens is 186 g/mol. The molecule has 1 aliphatic heterocycles. The Bertz CT molecular complexity index is 485. The van der Waals surface area contributed by atoms with Crippen LogP contribution in [0.1, 0.15) is 16.8 Å². The topological polar surface area (TPSA) is 29.1 Å². The second-order valence-electron chi connectivity index (χ2n) is 3.87. The Morgan fingerprint density at radius 3 is 3.07 bits per heavy atom. The van der Waals surface area contributed by atoms with Crippen molar-refractivity contribution in [1.82, 2.24) is 0 Å². The van der Waals surface area contributed by atoms with Gasteiger partial charge in [0.15, 0.2) is 5.78 Å². The summed E-state index contributed by atoms with van der Waals surface area (Å²) in [6.45, 7) is 0. The first-order valence-electron chi connectivity index (χ1n) is 5.13. The summed E-state index contributed by atoms with van der Waals surface area (Å²) in [5.74, 6) is 0.241. The van der Waals surface area contributed by atoms with Crippen LogP contribution < -0.4 is 5.32 Å². The van der Waals surface area contributed by atoms with Gasteiger partial charge in [0.2, 0.25) is 0 Å². The highest BCUT2D eigenvalue weighted by atomic mass is 16.1. The Hall–Kier alpha value is -1.83. The zero-order chi connectivity index (χ0) is 10.3. The van der Waals surface area contributed by atoms with E-state index < -0.39 is 0 Å². The van der Waals surface area contributed by atoms with Crippen LogP contribution in [0.5, 0.6) is 0 Å². The Morgan fingerprint density at radius 1 is 1.27 bits per heavy atom. The molecule has 0 amide bonds. The summed E-state index contributed by atoms with van der Waals surface area (Å²) in [4.78, 5) is 12.1. The van der Waals surface area contributed by atoms with Crippen molar-refractivity contribution in [3.63, 3.8) is 0 Å². The summed E-state index contributed by atoms with van der Waals surface area (Å²) in [5, 5.41) is 3.32. The van der Waals surface area contributed by atoms with Gasteiger partial charge in [-0.1, -0.05) is 24.3 Å². The molecule has 0 spiro atoms. The van der Waals surface area contributed by atoms with Gasteiger partial charge in [-0.25, -0.2) is 0 Å². The quantitative estimate of drug-likeness (QED) is 0.692. The van der Waals surface area contributed by atoms with E-state index in [1.54, 1.807) is 0 Å². The van der Waals surface area contributed by atoms with Crippen molar-refractivity contribution < 1.29 is 4.79 Å². The molecule has 2 nitrogen and oxygen atoms in total. The SMILES string of the molecule is O=C1c2ccccc2NC2=CC=CCC12. The van der Waals surface area contributed by atoms with E-state index in [0.29, 0.717) is 0 Å². The maximum absolute atomic E-state index is 12.1. The molecule has 0 saturated heterocycles. The Balaban J connectivity index is 2.14. The molecule has 1 atom stereocenters. The molecule has 1 unspecified atom stereocenters. The smallest absolute Gasteiger partial charge is 0.174 e. The molecule has 1 N–H and O–H groups in total. The molecular formula is C13H11NO. The average Bonchev–Trinajstić information content (AvgIpc) is 2.30. The van der Waals surface area contributed by atoms with Gasteiger partial charge in [-0.15, -0.1) is 0 Å². The lowest BCUT2D eigenvalue weighted by Gasteiger charge is -2.28. The minimum atomic E-state index is 0.00454. The fourth-order valence-electron chi connectivity index (χ4n) is 2.16. The van der Waals surface area contributed by atoms with E-state index in [1.807, 2.05) is 42.5 Å². The normalized spacial score (nSPS) is 22.5. The van der Waals surface area contributed by atoms with Crippen LogP contribution >= 0.6 is 0 Å². The monoisotopic (exact) mass is 197 g/mol. The predicted octanol–water partition coefficient (Wildman–Crippen LogP) is 2.75. The van der Waals surface area contributed by atoms with Gasteiger partial charge >= 0.3 is 0 Å². The second kappa shape index (κ2) is 3.09. The van der Waals surface area contributed by atoms with Gasteiger partial charge in [0, 0.05) is 16.9 Å². The van der Waals surface area contributed by atoms with E-state index in [9.17, 15) is 4.79 Å². The van der Waals surface area contributed by atoms with Crippen molar-refractivity contribution in [2.75, 3.05) is 5.32 Å². The number of carbonyl (C=O) groups is 1. The molecule has 0 aromatic heterocycles. The lowest BCUT2D eigenvalue weighted by molar-refractivity contribution is 0.0937. The van der Waals surface area contributed by atoms with Crippen LogP contribution in [-0.4, -0.2) is 5.78 Å². The van der Waals surface area contributed by atoms with Crippen molar-refractivity contribution in [2.24, 2.45) is 5.92 Å². The van der Waals surface area contributed by atoms with E-state index in [4.69, 9.17) is 0 Å². The van der Waals surface area contributed by atoms with Crippen LogP contribution in [0.3, 0.4) is 0 Å². The number of nitrogens with one attached hydrogen (secondary N) is 1. The predicted molar refractivity (Wildman–Crippen MR) is 59.7 cm³/mol. The number of hydrogen-bond donors (Lipinski definition) is 1. The van der Waals surface area contributed by atoms with E-state index in [1.165, 1.54) is 0 Å². The maximum Gasteiger partial charge on any atom is 0.174 e. The number of fused-ring (bicyclic) bond motifs is 2. The van der Waals surface area contributed by atoms with Gasteiger partial charge in [-0.3, -0.25) is 4.79 Å². The molecule has 3 rings (SSSR count). The number of para-hydroxylation sites is 1. The fourth-order valence-corrected chi connectivity index (χ4v) is 2.16. The highest BCUT2D eigenvalue weighted by Crippen LogP contribution is 2.33. The van der Waals surface area contributed by atoms with Gasteiger partial charge in [0.25, 0.3) is 0 Å². The molecule has 2 heteroatoms. The second-order valence-corrected chi connectivity index (χ2v) is 3.87. The minimum Gasteiger partial charge on any atom is -0.358 e. The summed E-state index contributed by atoms with van der Waals surface area (Å²) >= 11 is 0. The van der Waals surface area contributed by atoms with Crippen molar-refractivity contribution >= 4 is 11.5 Å². The Kier molecular flexibility index (Phi) is 1.75. The van der Waals surface area contributed by atoms with E-state index in [2.05, 4.69) is 5.32 Å². The van der Waals surface area contributed by atoms with Crippen LogP contribution in [0.25, 0.3) is 0 Å². The minimum absolute atomic E-state index is 0.00454. The molecule has 74 valence electrons. The Morgan fingerprint density at radius 2 is 2.13 bits per heavy atom. The number of rotatable bonds is 0. The molecule has 1 aliphatic carbocycles. The lowest BCUT2D eigenvalue weighted by atomic mass is 9.85. The third-order valence-corrected chi connectivity index (χ3v) is 2.95. The lowest BCUT2D eigenvalue weighted by Crippen LogP contribution is -2.28. The molecule has 1 aromatic rings. The van der Waals surface area contributed by atoms with E-state index in [0.717, 1.165) is 23.4 Å². The van der Waals surface area contributed by atoms with Crippen molar-refractivity contribution in [2.45, 2.75) is 6.42 Å². The van der Waals surface area contributed by atoms with Crippen molar-refractivity contribution in [3.05, 3.63) is 53.8 Å². The first kappa shape index (κ1) is 8.48. The number of anilines is 1. The fraction of sp³-hybridized carbons (Fsp3) is 0.154. The van der Waals surface area contributed by atoms with Gasteiger partial charge in [-0.05, 0) is 24.6 Å². The first-order valence-corrected chi connectivity index (χ1v) is 5.13. The summed E-state index contributed by atoms with van der Waals surface area (Å²) < 4.78 is 0. The third kappa shape index (κ3) is 1.22. The average molecular weight is 197 g/mol. The number of Topliss-reactive ketones (excluding diaryl/α,β-unsaturated/α-hetero) is 1. The van der Waals surface area contributed by atoms with Crippen LogP contribution in [0.2, 0.25) is 0 Å². The summed E-state index contributed by atoms with van der Waals surface area (Å²) in [5.41, 5.74) is 2.77. The zero-order valence-corrected chi connectivity index (χ0v) is 8.23. The summed E-state index contributed by atoms with van der Waals surface area (Å²) in [6.07, 6.45) is 6.84. The summed E-state index contributed by atoms with van der Waals surface area (Å²) in [7, 11) is 0. The molecule has 0 saturated carbocycles. The molecule has 0 fully saturated rings. The highest BCUT2D eigenvalue weighted by Gasteiger charge is 2.30. The van der Waals surface area contributed by atoms with Crippen molar-refractivity contribution in [1.29, 1.82) is 0 Å². The van der Waals surface area contributed by atoms with Gasteiger partial charge in [0.1, 0.15) is 0 Å². The van der Waals surface area contributed by atoms with Gasteiger partial charge < -0.3 is 5.32 Å². The van der Waals surface area contributed by atoms with Gasteiger partial charge in [-0.2, -0.15) is 0 Å².